The van der Waals surface area contributed by atoms with Crippen molar-refractivity contribution in [2.24, 2.45) is 0 Å². The summed E-state index contributed by atoms with van der Waals surface area (Å²) in [6.45, 7) is 1.98. The van der Waals surface area contributed by atoms with E-state index in [9.17, 15) is 13.6 Å². The van der Waals surface area contributed by atoms with Crippen LogP contribution in [0.15, 0.2) is 18.2 Å². The smallest absolute Gasteiger partial charge is 0.162 e. The highest BCUT2D eigenvalue weighted by atomic mass is 19.2. The van der Waals surface area contributed by atoms with Crippen LogP contribution in [0.2, 0.25) is 0 Å². The van der Waals surface area contributed by atoms with Gasteiger partial charge in [0.1, 0.15) is 5.78 Å². The van der Waals surface area contributed by atoms with Crippen LogP contribution in [0.4, 0.5) is 8.78 Å². The van der Waals surface area contributed by atoms with Gasteiger partial charge in [0.15, 0.2) is 11.6 Å². The second-order valence-electron chi connectivity index (χ2n) is 3.53. The van der Waals surface area contributed by atoms with Crippen LogP contribution in [-0.4, -0.2) is 5.78 Å². The molecule has 0 aliphatic rings. The number of ketones is 1. The molecule has 1 aromatic rings. The van der Waals surface area contributed by atoms with Gasteiger partial charge in [0.25, 0.3) is 0 Å². The summed E-state index contributed by atoms with van der Waals surface area (Å²) in [5.41, 5.74) is 0.149. The minimum Gasteiger partial charge on any atom is -0.299 e. The minimum atomic E-state index is -0.901. The van der Waals surface area contributed by atoms with Crippen molar-refractivity contribution in [1.82, 2.24) is 0 Å². The number of rotatable bonds is 5. The van der Waals surface area contributed by atoms with E-state index >= 15 is 0 Å². The molecule has 0 unspecified atom stereocenters. The number of Topliss-reactive ketones (excluding diaryl/α,β-unsaturated/α-hetero) is 1. The maximum Gasteiger partial charge on any atom is 0.162 e. The number of carbonyl (C=O) groups excluding carboxylic acids is 1. The van der Waals surface area contributed by atoms with E-state index in [1.165, 1.54) is 12.1 Å². The van der Waals surface area contributed by atoms with Gasteiger partial charge >= 0.3 is 0 Å². The van der Waals surface area contributed by atoms with Crippen LogP contribution >= 0.6 is 0 Å². The molecule has 0 amide bonds. The molecule has 15 heavy (non-hydrogen) atoms. The van der Waals surface area contributed by atoms with Crippen LogP contribution in [0.25, 0.3) is 0 Å². The predicted octanol–water partition coefficient (Wildman–Crippen LogP) is 3.27. The molecule has 0 spiro atoms. The molecule has 1 aromatic carbocycles. The Balaban J connectivity index is 2.64. The van der Waals surface area contributed by atoms with E-state index in [1.54, 1.807) is 0 Å². The molecule has 0 N–H and O–H groups in total. The van der Waals surface area contributed by atoms with Gasteiger partial charge in [-0.05, 0) is 18.1 Å². The van der Waals surface area contributed by atoms with Crippen LogP contribution in [0.3, 0.4) is 0 Å². The Kier molecular flexibility index (Phi) is 4.40. The molecule has 3 heteroatoms. The normalized spacial score (nSPS) is 10.3. The summed E-state index contributed by atoms with van der Waals surface area (Å²) >= 11 is 0. The highest BCUT2D eigenvalue weighted by Crippen LogP contribution is 2.13. The van der Waals surface area contributed by atoms with E-state index in [1.807, 2.05) is 6.92 Å². The van der Waals surface area contributed by atoms with E-state index in [-0.39, 0.29) is 17.8 Å². The first-order valence-electron chi connectivity index (χ1n) is 5.09. The highest BCUT2D eigenvalue weighted by Gasteiger charge is 2.10. The summed E-state index contributed by atoms with van der Waals surface area (Å²) in [7, 11) is 0. The van der Waals surface area contributed by atoms with Crippen molar-refractivity contribution < 1.29 is 13.6 Å². The Morgan fingerprint density at radius 3 is 2.73 bits per heavy atom. The van der Waals surface area contributed by atoms with Crippen molar-refractivity contribution in [3.8, 4) is 0 Å². The number of unbranched alkanes of at least 4 members (excludes halogenated alkanes) is 1. The summed E-state index contributed by atoms with van der Waals surface area (Å²) in [6.07, 6.45) is 2.16. The molecule has 0 heterocycles. The third kappa shape index (κ3) is 3.42. The maximum absolute atomic E-state index is 13.2. The van der Waals surface area contributed by atoms with Gasteiger partial charge in [0.05, 0.1) is 0 Å². The van der Waals surface area contributed by atoms with Gasteiger partial charge in [0, 0.05) is 12.8 Å². The number of benzene rings is 1. The molecule has 0 radical (unpaired) electrons. The van der Waals surface area contributed by atoms with Crippen molar-refractivity contribution in [1.29, 1.82) is 0 Å². The van der Waals surface area contributed by atoms with Gasteiger partial charge in [-0.3, -0.25) is 4.79 Å². The van der Waals surface area contributed by atoms with Gasteiger partial charge in [0.2, 0.25) is 0 Å². The van der Waals surface area contributed by atoms with Gasteiger partial charge in [-0.1, -0.05) is 25.5 Å². The Hall–Kier alpha value is -1.25. The van der Waals surface area contributed by atoms with Gasteiger partial charge in [-0.25, -0.2) is 8.78 Å². The van der Waals surface area contributed by atoms with E-state index in [2.05, 4.69) is 0 Å². The maximum atomic E-state index is 13.2. The van der Waals surface area contributed by atoms with Crippen molar-refractivity contribution in [3.63, 3.8) is 0 Å². The second-order valence-corrected chi connectivity index (χ2v) is 3.53. The van der Waals surface area contributed by atoms with Gasteiger partial charge < -0.3 is 0 Å². The van der Waals surface area contributed by atoms with Gasteiger partial charge in [-0.15, -0.1) is 0 Å². The number of hydrogen-bond donors (Lipinski definition) is 0. The quantitative estimate of drug-likeness (QED) is 0.732. The molecular formula is C12H14F2O. The molecule has 0 atom stereocenters. The third-order valence-electron chi connectivity index (χ3n) is 2.23. The van der Waals surface area contributed by atoms with E-state index < -0.39 is 11.6 Å². The molecule has 1 nitrogen and oxygen atoms in total. The zero-order chi connectivity index (χ0) is 11.3. The summed E-state index contributed by atoms with van der Waals surface area (Å²) < 4.78 is 26.0. The van der Waals surface area contributed by atoms with Crippen LogP contribution in [-0.2, 0) is 11.2 Å². The van der Waals surface area contributed by atoms with Crippen molar-refractivity contribution in [2.45, 2.75) is 32.6 Å². The summed E-state index contributed by atoms with van der Waals surface area (Å²) in [5, 5.41) is 0. The fraction of sp³-hybridized carbons (Fsp3) is 0.417. The summed E-state index contributed by atoms with van der Waals surface area (Å²) in [6, 6.07) is 3.92. The first-order chi connectivity index (χ1) is 7.15. The monoisotopic (exact) mass is 212 g/mol. The lowest BCUT2D eigenvalue weighted by Crippen LogP contribution is -2.05. The van der Waals surface area contributed by atoms with Crippen molar-refractivity contribution >= 4 is 5.78 Å². The molecule has 0 aliphatic carbocycles. The lowest BCUT2D eigenvalue weighted by Gasteiger charge is -2.02. The Morgan fingerprint density at radius 1 is 1.33 bits per heavy atom. The van der Waals surface area contributed by atoms with Crippen LogP contribution in [0, 0.1) is 11.6 Å². The minimum absolute atomic E-state index is 0.0103. The molecule has 0 bridgehead atoms. The molecule has 0 aliphatic heterocycles. The highest BCUT2D eigenvalue weighted by molar-refractivity contribution is 5.80. The molecular weight excluding hydrogens is 198 g/mol. The Morgan fingerprint density at radius 2 is 2.07 bits per heavy atom. The zero-order valence-electron chi connectivity index (χ0n) is 8.72. The first-order valence-corrected chi connectivity index (χ1v) is 5.09. The van der Waals surface area contributed by atoms with Crippen LogP contribution < -0.4 is 0 Å². The van der Waals surface area contributed by atoms with Crippen LogP contribution in [0.5, 0.6) is 0 Å². The second kappa shape index (κ2) is 5.59. The average Bonchev–Trinajstić information content (AvgIpc) is 2.22. The van der Waals surface area contributed by atoms with Crippen molar-refractivity contribution in [2.75, 3.05) is 0 Å². The number of halogens is 2. The van der Waals surface area contributed by atoms with E-state index in [0.717, 1.165) is 18.9 Å². The largest absolute Gasteiger partial charge is 0.299 e. The first kappa shape index (κ1) is 11.8. The van der Waals surface area contributed by atoms with Crippen LogP contribution in [0.1, 0.15) is 31.7 Å². The molecule has 1 rings (SSSR count). The number of hydrogen-bond acceptors (Lipinski definition) is 1. The van der Waals surface area contributed by atoms with E-state index in [0.29, 0.717) is 6.42 Å². The molecule has 82 valence electrons. The average molecular weight is 212 g/mol. The Bertz CT molecular complexity index is 347. The lowest BCUT2D eigenvalue weighted by atomic mass is 10.0. The predicted molar refractivity (Wildman–Crippen MR) is 54.6 cm³/mol. The summed E-state index contributed by atoms with van der Waals surface area (Å²) in [5.74, 6) is -1.83. The topological polar surface area (TPSA) is 17.1 Å². The zero-order valence-corrected chi connectivity index (χ0v) is 8.72. The number of carbonyl (C=O) groups is 1. The summed E-state index contributed by atoms with van der Waals surface area (Å²) in [4.78, 5) is 11.3. The lowest BCUT2D eigenvalue weighted by molar-refractivity contribution is -0.118. The Labute approximate surface area is 88.1 Å². The van der Waals surface area contributed by atoms with Crippen molar-refractivity contribution in [3.05, 3.63) is 35.4 Å². The molecule has 0 fully saturated rings. The molecule has 0 saturated heterocycles. The van der Waals surface area contributed by atoms with Gasteiger partial charge in [-0.2, -0.15) is 0 Å². The third-order valence-corrected chi connectivity index (χ3v) is 2.23. The standard InChI is InChI=1S/C12H14F2O/c1-2-3-6-10(15)8-9-5-4-7-11(13)12(9)14/h4-5,7H,2-3,6,8H2,1H3. The van der Waals surface area contributed by atoms with E-state index in [4.69, 9.17) is 0 Å². The molecule has 0 saturated carbocycles. The SMILES string of the molecule is CCCCC(=O)Cc1cccc(F)c1F. The molecule has 0 aromatic heterocycles. The fourth-order valence-corrected chi connectivity index (χ4v) is 1.36. The fourth-order valence-electron chi connectivity index (χ4n) is 1.36.